The summed E-state index contributed by atoms with van der Waals surface area (Å²) in [6.45, 7) is 4.67. The highest BCUT2D eigenvalue weighted by Crippen LogP contribution is 2.52. The fourth-order valence-corrected chi connectivity index (χ4v) is 9.82. The maximum Gasteiger partial charge on any atom is 0.238 e. The van der Waals surface area contributed by atoms with E-state index in [9.17, 15) is 9.59 Å². The van der Waals surface area contributed by atoms with Crippen LogP contribution in [0.25, 0.3) is 44.1 Å². The van der Waals surface area contributed by atoms with Crippen LogP contribution in [0.1, 0.15) is 43.2 Å². The summed E-state index contributed by atoms with van der Waals surface area (Å²) in [5, 5.41) is 6.73. The van der Waals surface area contributed by atoms with Crippen molar-refractivity contribution in [2.75, 3.05) is 77.1 Å². The van der Waals surface area contributed by atoms with Crippen LogP contribution in [0.2, 0.25) is 0 Å². The van der Waals surface area contributed by atoms with E-state index in [0.29, 0.717) is 77.7 Å². The number of fused-ring (bicyclic) bond motifs is 8. The van der Waals surface area contributed by atoms with Gasteiger partial charge < -0.3 is 28.9 Å². The molecule has 302 valence electrons. The van der Waals surface area contributed by atoms with Crippen molar-refractivity contribution < 1.29 is 23.8 Å². The number of benzene rings is 2. The second kappa shape index (κ2) is 14.8. The predicted octanol–water partition coefficient (Wildman–Crippen LogP) is 6.16. The van der Waals surface area contributed by atoms with Crippen molar-refractivity contribution in [3.8, 4) is 28.1 Å². The summed E-state index contributed by atoms with van der Waals surface area (Å²) in [6.07, 6.45) is 12.9. The van der Waals surface area contributed by atoms with Crippen LogP contribution in [0.15, 0.2) is 79.5 Å². The van der Waals surface area contributed by atoms with Gasteiger partial charge in [0.15, 0.2) is 0 Å². The Morgan fingerprint density at radius 2 is 1.31 bits per heavy atom. The number of hydrogen-bond acceptors (Lipinski definition) is 10. The second-order valence-corrected chi connectivity index (χ2v) is 16.6. The molecule has 0 radical (unpaired) electrons. The second-order valence-electron chi connectivity index (χ2n) is 16.6. The van der Waals surface area contributed by atoms with Crippen molar-refractivity contribution in [2.45, 2.75) is 49.5 Å². The van der Waals surface area contributed by atoms with E-state index in [1.54, 1.807) is 4.90 Å². The van der Waals surface area contributed by atoms with Crippen LogP contribution in [-0.2, 0) is 36.4 Å². The van der Waals surface area contributed by atoms with Gasteiger partial charge >= 0.3 is 0 Å². The molecule has 13 heteroatoms. The summed E-state index contributed by atoms with van der Waals surface area (Å²) in [7, 11) is 5.95. The van der Waals surface area contributed by atoms with E-state index >= 15 is 0 Å². The summed E-state index contributed by atoms with van der Waals surface area (Å²) in [6, 6.07) is 16.5. The van der Waals surface area contributed by atoms with E-state index in [-0.39, 0.29) is 11.8 Å². The molecule has 2 saturated heterocycles. The molecule has 0 aliphatic carbocycles. The van der Waals surface area contributed by atoms with Crippen molar-refractivity contribution in [3.05, 3.63) is 90.6 Å². The number of carbonyl (C=O) groups is 2. The van der Waals surface area contributed by atoms with Crippen LogP contribution in [0.5, 0.6) is 5.88 Å². The van der Waals surface area contributed by atoms with Gasteiger partial charge in [0.2, 0.25) is 17.7 Å². The van der Waals surface area contributed by atoms with E-state index < -0.39 is 10.8 Å². The number of carbonyl (C=O) groups excluding carboxylic acids is 2. The van der Waals surface area contributed by atoms with Crippen LogP contribution >= 0.6 is 0 Å². The van der Waals surface area contributed by atoms with Gasteiger partial charge in [-0.1, -0.05) is 12.1 Å². The van der Waals surface area contributed by atoms with E-state index in [1.807, 2.05) is 71.9 Å². The van der Waals surface area contributed by atoms with Crippen LogP contribution < -0.4 is 14.5 Å². The van der Waals surface area contributed by atoms with E-state index in [0.717, 1.165) is 79.5 Å². The van der Waals surface area contributed by atoms with Gasteiger partial charge in [0.25, 0.3) is 0 Å². The molecular formula is C46H48N8O5. The number of amides is 2. The average Bonchev–Trinajstić information content (AvgIpc) is 3.89. The highest BCUT2D eigenvalue weighted by atomic mass is 16.5. The lowest BCUT2D eigenvalue weighted by Gasteiger charge is -2.33. The Kier molecular flexibility index (Phi) is 9.41. The Labute approximate surface area is 342 Å². The van der Waals surface area contributed by atoms with Gasteiger partial charge in [-0.2, -0.15) is 5.10 Å². The van der Waals surface area contributed by atoms with E-state index in [4.69, 9.17) is 29.3 Å². The third-order valence-electron chi connectivity index (χ3n) is 13.0. The van der Waals surface area contributed by atoms with Crippen molar-refractivity contribution >= 4 is 45.0 Å². The fourth-order valence-electron chi connectivity index (χ4n) is 9.82. The molecule has 10 rings (SSSR count). The summed E-state index contributed by atoms with van der Waals surface area (Å²) < 4.78 is 19.3. The first kappa shape index (κ1) is 37.5. The number of likely N-dealkylation sites (N-methyl/N-ethyl adjacent to an activating group) is 1. The number of rotatable bonds is 10. The molecular weight excluding hydrogens is 745 g/mol. The predicted molar refractivity (Wildman–Crippen MR) is 226 cm³/mol. The molecule has 4 aliphatic rings. The Hall–Kier alpha value is -5.76. The molecule has 0 bridgehead atoms. The Morgan fingerprint density at radius 3 is 1.95 bits per heavy atom. The third-order valence-corrected chi connectivity index (χ3v) is 13.0. The molecule has 13 nitrogen and oxygen atoms in total. The summed E-state index contributed by atoms with van der Waals surface area (Å²) in [5.74, 6) is 0.819. The minimum Gasteiger partial charge on any atom is -0.478 e. The quantitative estimate of drug-likeness (QED) is 0.149. The van der Waals surface area contributed by atoms with Crippen LogP contribution in [-0.4, -0.2) is 109 Å². The Morgan fingerprint density at radius 1 is 0.695 bits per heavy atom. The van der Waals surface area contributed by atoms with Crippen molar-refractivity contribution in [2.24, 2.45) is 0 Å². The maximum absolute atomic E-state index is 14.7. The highest BCUT2D eigenvalue weighted by molar-refractivity contribution is 6.14. The van der Waals surface area contributed by atoms with Crippen LogP contribution in [0.3, 0.4) is 0 Å². The average molecular weight is 793 g/mol. The van der Waals surface area contributed by atoms with Crippen molar-refractivity contribution in [3.63, 3.8) is 0 Å². The molecule has 2 aromatic carbocycles. The molecule has 8 heterocycles. The molecule has 2 amide bonds. The molecule has 59 heavy (non-hydrogen) atoms. The first-order chi connectivity index (χ1) is 28.8. The third kappa shape index (κ3) is 6.25. The lowest BCUT2D eigenvalue weighted by Crippen LogP contribution is -2.45. The standard InChI is InChI=1S/C46H48N8O5/c1-51(2)15-4-18-59-40-10-7-32(25-49-40)30-5-8-37-35(23-30)42-39(28-48-37)54(44(56)46(42)13-21-58-22-14-46)17-16-53-29-33(26-50-53)31-6-9-36-34(24-31)41-38(27-47-36)52(3)43(55)45(41)11-19-57-20-12-45/h5-10,23-29H,4,11-22H2,1-3H3. The molecule has 0 saturated carbocycles. The minimum absolute atomic E-state index is 0.0951. The van der Waals surface area contributed by atoms with Gasteiger partial charge in [0, 0.05) is 98.1 Å². The zero-order chi connectivity index (χ0) is 40.3. The van der Waals surface area contributed by atoms with E-state index in [1.165, 1.54) is 0 Å². The van der Waals surface area contributed by atoms with Crippen molar-refractivity contribution in [1.29, 1.82) is 0 Å². The highest BCUT2D eigenvalue weighted by Gasteiger charge is 2.53. The van der Waals surface area contributed by atoms with Gasteiger partial charge in [-0.25, -0.2) is 4.98 Å². The van der Waals surface area contributed by atoms with Gasteiger partial charge in [-0.3, -0.25) is 24.2 Å². The Bertz CT molecular complexity index is 2590. The van der Waals surface area contributed by atoms with Crippen LogP contribution in [0.4, 0.5) is 11.4 Å². The SMILES string of the molecule is CN(C)CCCOc1ccc(-c2ccc3ncc4c(c3c2)C2(CCOCC2)C(=O)N4CCn2cc(-c3ccc4ncc5c(c4c3)C3(CCOCC3)C(=O)N5C)cn2)cn1. The monoisotopic (exact) mass is 792 g/mol. The topological polar surface area (TPSA) is 128 Å². The van der Waals surface area contributed by atoms with Gasteiger partial charge in [0.05, 0.1) is 65.0 Å². The molecule has 2 fully saturated rings. The molecule has 0 unspecified atom stereocenters. The number of nitrogens with zero attached hydrogens (tertiary/aromatic N) is 8. The zero-order valence-corrected chi connectivity index (χ0v) is 33.8. The molecule has 6 aromatic rings. The maximum atomic E-state index is 14.7. The zero-order valence-electron chi connectivity index (χ0n) is 33.8. The van der Waals surface area contributed by atoms with Crippen molar-refractivity contribution in [1.82, 2.24) is 29.6 Å². The van der Waals surface area contributed by atoms with Gasteiger partial charge in [0.1, 0.15) is 0 Å². The van der Waals surface area contributed by atoms with Gasteiger partial charge in [-0.05, 0) is 87.7 Å². The van der Waals surface area contributed by atoms with Gasteiger partial charge in [-0.15, -0.1) is 0 Å². The summed E-state index contributed by atoms with van der Waals surface area (Å²) >= 11 is 0. The smallest absolute Gasteiger partial charge is 0.238 e. The Balaban J connectivity index is 0.929. The molecule has 0 N–H and O–H groups in total. The molecule has 2 spiro atoms. The van der Waals surface area contributed by atoms with E-state index in [2.05, 4.69) is 48.2 Å². The number of anilines is 2. The summed E-state index contributed by atoms with van der Waals surface area (Å²) in [5.41, 5.74) is 8.17. The molecule has 0 atom stereocenters. The lowest BCUT2D eigenvalue weighted by atomic mass is 9.74. The first-order valence-corrected chi connectivity index (χ1v) is 20.6. The number of pyridine rings is 3. The summed E-state index contributed by atoms with van der Waals surface area (Å²) in [4.78, 5) is 48.4. The first-order valence-electron chi connectivity index (χ1n) is 20.6. The largest absolute Gasteiger partial charge is 0.478 e. The number of aromatic nitrogens is 5. The fraction of sp³-hybridized carbons (Fsp3) is 0.391. The lowest BCUT2D eigenvalue weighted by molar-refractivity contribution is -0.127. The minimum atomic E-state index is -0.693. The molecule has 4 aliphatic heterocycles. The number of hydrogen-bond donors (Lipinski definition) is 0. The molecule has 4 aromatic heterocycles. The normalized spacial score (nSPS) is 18.2. The van der Waals surface area contributed by atoms with Crippen LogP contribution in [0, 0.1) is 0 Å². The number of ether oxygens (including phenoxy) is 3.